The van der Waals surface area contributed by atoms with Gasteiger partial charge in [-0.05, 0) is 42.0 Å². The number of furan rings is 1. The first-order chi connectivity index (χ1) is 16.9. The van der Waals surface area contributed by atoms with Crippen molar-refractivity contribution in [3.63, 3.8) is 0 Å². The molecule has 1 saturated carbocycles. The van der Waals surface area contributed by atoms with Gasteiger partial charge in [-0.25, -0.2) is 15.1 Å². The highest BCUT2D eigenvalue weighted by atomic mass is 32.2. The highest BCUT2D eigenvalue weighted by Gasteiger charge is 2.36. The summed E-state index contributed by atoms with van der Waals surface area (Å²) in [6.07, 6.45) is -2.13. The van der Waals surface area contributed by atoms with Crippen LogP contribution in [0, 0.1) is 5.92 Å². The standard InChI is InChI=1S/C21H21F3N4O6S2/c22-21(23,24)18-2-1-14(34-18)3-11-4-17(35-9-11)19(30)15-7-26-10-27-20(15)28-13-5-12(16(29)6-13)8-33-36(25,31)32/h1-2,4,7,9-10,12-13,16,29H,3,5-6,8H2,(H2,25,31,32)(H,26,27,28)/t12-,13-,16+/m1/s1. The third-order valence-electron chi connectivity index (χ3n) is 5.60. The molecular formula is C21H21F3N4O6S2. The van der Waals surface area contributed by atoms with E-state index in [-0.39, 0.29) is 42.6 Å². The summed E-state index contributed by atoms with van der Waals surface area (Å²) in [7, 11) is -4.13. The minimum atomic E-state index is -4.57. The summed E-state index contributed by atoms with van der Waals surface area (Å²) in [4.78, 5) is 21.5. The monoisotopic (exact) mass is 546 g/mol. The number of hydrogen-bond acceptors (Lipinski definition) is 10. The molecule has 3 aromatic rings. The number of ketones is 1. The molecule has 194 valence electrons. The first kappa shape index (κ1) is 26.2. The first-order valence-electron chi connectivity index (χ1n) is 10.6. The average Bonchev–Trinajstić information content (AvgIpc) is 3.52. The number of aliphatic hydroxyl groups excluding tert-OH is 1. The van der Waals surface area contributed by atoms with Crippen molar-refractivity contribution < 1.29 is 40.1 Å². The van der Waals surface area contributed by atoms with Crippen LogP contribution in [0.3, 0.4) is 0 Å². The Balaban J connectivity index is 1.43. The summed E-state index contributed by atoms with van der Waals surface area (Å²) in [5, 5.41) is 19.8. The van der Waals surface area contributed by atoms with Crippen LogP contribution in [-0.4, -0.2) is 48.0 Å². The van der Waals surface area contributed by atoms with E-state index >= 15 is 0 Å². The molecule has 0 radical (unpaired) electrons. The van der Waals surface area contributed by atoms with E-state index in [0.29, 0.717) is 16.9 Å². The van der Waals surface area contributed by atoms with E-state index in [9.17, 15) is 31.5 Å². The number of carbonyl (C=O) groups excluding carboxylic acids is 1. The van der Waals surface area contributed by atoms with Crippen molar-refractivity contribution in [2.75, 3.05) is 11.9 Å². The average molecular weight is 547 g/mol. The number of rotatable bonds is 9. The van der Waals surface area contributed by atoms with Crippen LogP contribution in [0.25, 0.3) is 0 Å². The molecule has 3 heterocycles. The van der Waals surface area contributed by atoms with Crippen LogP contribution < -0.4 is 10.5 Å². The second-order valence-electron chi connectivity index (χ2n) is 8.29. The fourth-order valence-corrected chi connectivity index (χ4v) is 5.16. The Bertz CT molecular complexity index is 1340. The minimum absolute atomic E-state index is 0.0815. The fraction of sp³-hybridized carbons (Fsp3) is 0.381. The topological polar surface area (TPSA) is 158 Å². The van der Waals surface area contributed by atoms with Crippen molar-refractivity contribution in [3.05, 3.63) is 63.6 Å². The summed E-state index contributed by atoms with van der Waals surface area (Å²) >= 11 is 1.12. The molecule has 0 saturated heterocycles. The van der Waals surface area contributed by atoms with Gasteiger partial charge >= 0.3 is 16.5 Å². The third kappa shape index (κ3) is 6.47. The van der Waals surface area contributed by atoms with Crippen LogP contribution in [0.4, 0.5) is 19.0 Å². The van der Waals surface area contributed by atoms with Gasteiger partial charge < -0.3 is 14.8 Å². The Morgan fingerprint density at radius 1 is 1.33 bits per heavy atom. The van der Waals surface area contributed by atoms with Crippen LogP contribution >= 0.6 is 11.3 Å². The normalized spacial score (nSPS) is 20.5. The van der Waals surface area contributed by atoms with E-state index in [4.69, 9.17) is 9.56 Å². The summed E-state index contributed by atoms with van der Waals surface area (Å²) in [5.41, 5.74) is 0.774. The summed E-state index contributed by atoms with van der Waals surface area (Å²) in [5.74, 6) is -1.61. The highest BCUT2D eigenvalue weighted by Crippen LogP contribution is 2.32. The maximum atomic E-state index is 13.2. The van der Waals surface area contributed by atoms with E-state index in [0.717, 1.165) is 17.4 Å². The Labute approximate surface area is 207 Å². The Morgan fingerprint density at radius 3 is 2.81 bits per heavy atom. The molecular weight excluding hydrogens is 525 g/mol. The molecule has 0 aliphatic heterocycles. The second-order valence-corrected chi connectivity index (χ2v) is 10.4. The molecule has 4 N–H and O–H groups in total. The molecule has 15 heteroatoms. The van der Waals surface area contributed by atoms with E-state index < -0.39 is 40.0 Å². The highest BCUT2D eigenvalue weighted by molar-refractivity contribution is 7.84. The molecule has 3 atom stereocenters. The number of carbonyl (C=O) groups is 1. The summed E-state index contributed by atoms with van der Waals surface area (Å²) in [6.45, 7) is -0.272. The van der Waals surface area contributed by atoms with Gasteiger partial charge in [0, 0.05) is 24.6 Å². The van der Waals surface area contributed by atoms with E-state index in [1.165, 1.54) is 18.6 Å². The first-order valence-corrected chi connectivity index (χ1v) is 12.9. The number of nitrogens with one attached hydrogen (secondary N) is 1. The predicted molar refractivity (Wildman–Crippen MR) is 122 cm³/mol. The zero-order valence-electron chi connectivity index (χ0n) is 18.4. The number of aromatic nitrogens is 2. The van der Waals surface area contributed by atoms with Gasteiger partial charge in [0.15, 0.2) is 0 Å². The maximum absolute atomic E-state index is 13.2. The maximum Gasteiger partial charge on any atom is 0.449 e. The molecule has 0 bridgehead atoms. The fourth-order valence-electron chi connectivity index (χ4n) is 3.93. The Morgan fingerprint density at radius 2 is 2.11 bits per heavy atom. The predicted octanol–water partition coefficient (Wildman–Crippen LogP) is 2.74. The second kappa shape index (κ2) is 10.3. The third-order valence-corrected chi connectivity index (χ3v) is 7.04. The van der Waals surface area contributed by atoms with Crippen molar-refractivity contribution in [2.45, 2.75) is 37.6 Å². The van der Waals surface area contributed by atoms with Gasteiger partial charge in [-0.2, -0.15) is 21.6 Å². The minimum Gasteiger partial charge on any atom is -0.456 e. The molecule has 1 aliphatic rings. The molecule has 0 unspecified atom stereocenters. The lowest BCUT2D eigenvalue weighted by Gasteiger charge is -2.15. The Hall–Kier alpha value is -2.85. The smallest absolute Gasteiger partial charge is 0.449 e. The molecule has 0 aromatic carbocycles. The number of nitrogens with zero attached hydrogens (tertiary/aromatic N) is 2. The van der Waals surface area contributed by atoms with Crippen LogP contribution in [0.1, 0.15) is 45.2 Å². The SMILES string of the molecule is NS(=O)(=O)OC[C@H]1C[C@@H](Nc2ncncc2C(=O)c2cc(Cc3ccc(C(F)(F)F)o3)cs2)C[C@@H]1O. The molecule has 3 aromatic heterocycles. The molecule has 4 rings (SSSR count). The molecule has 10 nitrogen and oxygen atoms in total. The van der Waals surface area contributed by atoms with E-state index in [1.54, 1.807) is 11.4 Å². The van der Waals surface area contributed by atoms with Gasteiger partial charge in [-0.15, -0.1) is 11.3 Å². The quantitative estimate of drug-likeness (QED) is 0.343. The van der Waals surface area contributed by atoms with Crippen LogP contribution in [0.5, 0.6) is 0 Å². The molecule has 0 spiro atoms. The van der Waals surface area contributed by atoms with E-state index in [1.807, 2.05) is 0 Å². The zero-order valence-corrected chi connectivity index (χ0v) is 20.1. The number of halogens is 3. The van der Waals surface area contributed by atoms with Crippen molar-refractivity contribution in [2.24, 2.45) is 11.1 Å². The van der Waals surface area contributed by atoms with Gasteiger partial charge in [-0.1, -0.05) is 0 Å². The summed E-state index contributed by atoms with van der Waals surface area (Å²) < 4.78 is 69.7. The largest absolute Gasteiger partial charge is 0.456 e. The van der Waals surface area contributed by atoms with Gasteiger partial charge in [-0.3, -0.25) is 8.98 Å². The molecule has 0 amide bonds. The number of aliphatic hydroxyl groups is 1. The lowest BCUT2D eigenvalue weighted by molar-refractivity contribution is -0.153. The molecule has 1 aliphatic carbocycles. The van der Waals surface area contributed by atoms with Crippen LogP contribution in [-0.2, 0) is 27.1 Å². The van der Waals surface area contributed by atoms with Gasteiger partial charge in [0.25, 0.3) is 0 Å². The van der Waals surface area contributed by atoms with Crippen molar-refractivity contribution in [1.82, 2.24) is 9.97 Å². The number of anilines is 1. The van der Waals surface area contributed by atoms with Crippen LogP contribution in [0.2, 0.25) is 0 Å². The number of alkyl halides is 3. The number of thiophene rings is 1. The Kier molecular flexibility index (Phi) is 7.47. The molecule has 36 heavy (non-hydrogen) atoms. The van der Waals surface area contributed by atoms with Gasteiger partial charge in [0.05, 0.1) is 23.2 Å². The van der Waals surface area contributed by atoms with Gasteiger partial charge in [0.2, 0.25) is 11.5 Å². The van der Waals surface area contributed by atoms with Crippen molar-refractivity contribution in [3.8, 4) is 0 Å². The van der Waals surface area contributed by atoms with Crippen molar-refractivity contribution >= 4 is 33.2 Å². The van der Waals surface area contributed by atoms with Crippen LogP contribution in [0.15, 0.2) is 40.5 Å². The summed E-state index contributed by atoms with van der Waals surface area (Å²) in [6, 6.07) is 3.35. The van der Waals surface area contributed by atoms with E-state index in [2.05, 4.69) is 19.5 Å². The zero-order chi connectivity index (χ0) is 26.1. The molecule has 1 fully saturated rings. The van der Waals surface area contributed by atoms with Crippen molar-refractivity contribution in [1.29, 1.82) is 0 Å². The van der Waals surface area contributed by atoms with Gasteiger partial charge in [0.1, 0.15) is 17.9 Å². The lowest BCUT2D eigenvalue weighted by atomic mass is 10.1. The lowest BCUT2D eigenvalue weighted by Crippen LogP contribution is -2.24. The number of hydrogen-bond donors (Lipinski definition) is 3. The number of nitrogens with two attached hydrogens (primary N) is 1.